The molecule has 3 rings (SSSR count). The molecule has 29 heavy (non-hydrogen) atoms. The fraction of sp³-hybridized carbons (Fsp3) is 0.0500. The van der Waals surface area contributed by atoms with Gasteiger partial charge in [-0.1, -0.05) is 24.3 Å². The molecule has 148 valence electrons. The lowest BCUT2D eigenvalue weighted by molar-refractivity contribution is -0.114. The minimum Gasteiger partial charge on any atom is -0.365 e. The number of primary amides is 1. The molecule has 0 saturated carbocycles. The van der Waals surface area contributed by atoms with E-state index < -0.39 is 17.8 Å². The van der Waals surface area contributed by atoms with Crippen LogP contribution in [0.2, 0.25) is 0 Å². The van der Waals surface area contributed by atoms with E-state index in [4.69, 9.17) is 5.73 Å². The van der Waals surface area contributed by atoms with E-state index in [1.807, 2.05) is 0 Å². The molecule has 2 aromatic carbocycles. The van der Waals surface area contributed by atoms with Crippen molar-refractivity contribution in [2.45, 2.75) is 6.92 Å². The minimum atomic E-state index is -0.698. The number of nitrogens with one attached hydrogen (secondary N) is 4. The summed E-state index contributed by atoms with van der Waals surface area (Å²) in [6, 6.07) is 11.8. The molecular weight excluding hydrogens is 377 g/mol. The van der Waals surface area contributed by atoms with Gasteiger partial charge in [0, 0.05) is 24.4 Å². The number of hydrogen-bond acceptors (Lipinski definition) is 3. The molecule has 0 unspecified atom stereocenters. The highest BCUT2D eigenvalue weighted by atomic mass is 19.1. The molecular formula is C20H18FN5O3. The molecule has 0 saturated heterocycles. The van der Waals surface area contributed by atoms with E-state index in [1.54, 1.807) is 36.5 Å². The van der Waals surface area contributed by atoms with Crippen molar-refractivity contribution in [2.24, 2.45) is 5.73 Å². The van der Waals surface area contributed by atoms with Crippen molar-refractivity contribution in [3.05, 3.63) is 66.1 Å². The summed E-state index contributed by atoms with van der Waals surface area (Å²) in [5, 5.41) is 7.53. The maximum Gasteiger partial charge on any atom is 0.323 e. The Labute approximate surface area is 165 Å². The molecule has 0 atom stereocenters. The van der Waals surface area contributed by atoms with Crippen LogP contribution < -0.4 is 21.7 Å². The zero-order valence-electron chi connectivity index (χ0n) is 15.4. The Morgan fingerprint density at radius 2 is 1.66 bits per heavy atom. The second-order valence-corrected chi connectivity index (χ2v) is 6.13. The average Bonchev–Trinajstić information content (AvgIpc) is 3.07. The van der Waals surface area contributed by atoms with E-state index in [9.17, 15) is 18.8 Å². The average molecular weight is 395 g/mol. The number of amides is 4. The van der Waals surface area contributed by atoms with Crippen molar-refractivity contribution in [3.63, 3.8) is 0 Å². The first-order chi connectivity index (χ1) is 13.8. The van der Waals surface area contributed by atoms with Crippen molar-refractivity contribution in [1.82, 2.24) is 4.98 Å². The van der Waals surface area contributed by atoms with Crippen molar-refractivity contribution in [2.75, 3.05) is 16.0 Å². The standard InChI is InChI=1S/C20H18FN5O3/c1-11(27)24-19-17(18(22)28)14(10-23-19)12-6-8-13(9-7-12)25-20(29)26-16-5-3-2-4-15(16)21/h2-10,23H,1H3,(H2,22,28)(H,24,27)(H2,25,26,29). The number of para-hydroxylation sites is 1. The smallest absolute Gasteiger partial charge is 0.323 e. The van der Waals surface area contributed by atoms with Gasteiger partial charge in [-0.15, -0.1) is 0 Å². The maximum atomic E-state index is 13.6. The van der Waals surface area contributed by atoms with Gasteiger partial charge in [-0.2, -0.15) is 0 Å². The normalized spacial score (nSPS) is 10.3. The Hall–Kier alpha value is -4.14. The van der Waals surface area contributed by atoms with Gasteiger partial charge in [0.25, 0.3) is 5.91 Å². The van der Waals surface area contributed by atoms with Crippen molar-refractivity contribution >= 4 is 35.0 Å². The lowest BCUT2D eigenvalue weighted by Gasteiger charge is -2.09. The van der Waals surface area contributed by atoms with Gasteiger partial charge in [-0.25, -0.2) is 9.18 Å². The van der Waals surface area contributed by atoms with E-state index in [-0.39, 0.29) is 23.0 Å². The van der Waals surface area contributed by atoms with E-state index in [1.165, 1.54) is 25.1 Å². The Morgan fingerprint density at radius 1 is 0.966 bits per heavy atom. The molecule has 6 N–H and O–H groups in total. The van der Waals surface area contributed by atoms with Crippen LogP contribution in [-0.4, -0.2) is 22.8 Å². The minimum absolute atomic E-state index is 0.0607. The third-order valence-electron chi connectivity index (χ3n) is 4.00. The lowest BCUT2D eigenvalue weighted by atomic mass is 10.0. The summed E-state index contributed by atoms with van der Waals surface area (Å²) in [4.78, 5) is 38.0. The fourth-order valence-electron chi connectivity index (χ4n) is 2.76. The van der Waals surface area contributed by atoms with Gasteiger partial charge in [0.05, 0.1) is 11.3 Å². The zero-order valence-corrected chi connectivity index (χ0v) is 15.4. The Kier molecular flexibility index (Phi) is 5.59. The Bertz CT molecular complexity index is 1080. The van der Waals surface area contributed by atoms with E-state index in [0.29, 0.717) is 16.8 Å². The molecule has 0 spiro atoms. The molecule has 0 radical (unpaired) electrons. The second kappa shape index (κ2) is 8.26. The number of rotatable bonds is 5. The third kappa shape index (κ3) is 4.59. The van der Waals surface area contributed by atoms with Gasteiger partial charge in [0.1, 0.15) is 11.6 Å². The summed E-state index contributed by atoms with van der Waals surface area (Å²) in [5.41, 5.74) is 7.27. The predicted octanol–water partition coefficient (Wildman–Crippen LogP) is 3.52. The van der Waals surface area contributed by atoms with E-state index in [0.717, 1.165) is 0 Å². The molecule has 0 aliphatic carbocycles. The molecule has 4 amide bonds. The summed E-state index contributed by atoms with van der Waals surface area (Å²) in [6.45, 7) is 1.32. The second-order valence-electron chi connectivity index (χ2n) is 6.13. The molecule has 3 aromatic rings. The van der Waals surface area contributed by atoms with Gasteiger partial charge in [-0.05, 0) is 29.8 Å². The van der Waals surface area contributed by atoms with Gasteiger partial charge >= 0.3 is 6.03 Å². The number of H-pyrrole nitrogens is 1. The Morgan fingerprint density at radius 3 is 2.28 bits per heavy atom. The highest BCUT2D eigenvalue weighted by molar-refractivity contribution is 6.07. The van der Waals surface area contributed by atoms with Gasteiger partial charge in [-0.3, -0.25) is 9.59 Å². The number of nitrogens with two attached hydrogens (primary N) is 1. The monoisotopic (exact) mass is 395 g/mol. The summed E-state index contributed by atoms with van der Waals surface area (Å²) in [6.07, 6.45) is 1.55. The Balaban J connectivity index is 1.76. The lowest BCUT2D eigenvalue weighted by Crippen LogP contribution is -2.20. The molecule has 1 heterocycles. The van der Waals surface area contributed by atoms with Gasteiger partial charge in [0.2, 0.25) is 5.91 Å². The van der Waals surface area contributed by atoms with Crippen LogP contribution in [0.4, 0.5) is 26.4 Å². The summed E-state index contributed by atoms with van der Waals surface area (Å²) in [5.74, 6) is -1.37. The molecule has 9 heteroatoms. The third-order valence-corrected chi connectivity index (χ3v) is 4.00. The van der Waals surface area contributed by atoms with Crippen LogP contribution >= 0.6 is 0 Å². The fourth-order valence-corrected chi connectivity index (χ4v) is 2.76. The van der Waals surface area contributed by atoms with Crippen LogP contribution in [0.15, 0.2) is 54.7 Å². The number of carbonyl (C=O) groups excluding carboxylic acids is 3. The number of aromatic nitrogens is 1. The summed E-state index contributed by atoms with van der Waals surface area (Å²) in [7, 11) is 0. The molecule has 0 aliphatic rings. The molecule has 0 bridgehead atoms. The SMILES string of the molecule is CC(=O)Nc1[nH]cc(-c2ccc(NC(=O)Nc3ccccc3F)cc2)c1C(N)=O. The topological polar surface area (TPSA) is 129 Å². The van der Waals surface area contributed by atoms with Crippen LogP contribution in [0.3, 0.4) is 0 Å². The van der Waals surface area contributed by atoms with E-state index in [2.05, 4.69) is 20.9 Å². The predicted molar refractivity (Wildman–Crippen MR) is 108 cm³/mol. The number of benzene rings is 2. The van der Waals surface area contributed by atoms with Crippen LogP contribution in [0.5, 0.6) is 0 Å². The van der Waals surface area contributed by atoms with Crippen LogP contribution in [0.25, 0.3) is 11.1 Å². The molecule has 0 aliphatic heterocycles. The van der Waals surface area contributed by atoms with Crippen LogP contribution in [0, 0.1) is 5.82 Å². The maximum absolute atomic E-state index is 13.6. The number of halogens is 1. The quantitative estimate of drug-likeness (QED) is 0.453. The highest BCUT2D eigenvalue weighted by Crippen LogP contribution is 2.30. The highest BCUT2D eigenvalue weighted by Gasteiger charge is 2.18. The van der Waals surface area contributed by atoms with Crippen molar-refractivity contribution < 1.29 is 18.8 Å². The zero-order chi connectivity index (χ0) is 21.0. The van der Waals surface area contributed by atoms with Gasteiger partial charge < -0.3 is 26.7 Å². The summed E-state index contributed by atoms with van der Waals surface area (Å²) < 4.78 is 13.6. The number of carbonyl (C=O) groups is 3. The number of aromatic amines is 1. The number of hydrogen-bond donors (Lipinski definition) is 5. The molecule has 0 fully saturated rings. The first-order valence-electron chi connectivity index (χ1n) is 8.57. The van der Waals surface area contributed by atoms with Gasteiger partial charge in [0.15, 0.2) is 0 Å². The van der Waals surface area contributed by atoms with Crippen molar-refractivity contribution in [3.8, 4) is 11.1 Å². The number of anilines is 3. The van der Waals surface area contributed by atoms with Crippen LogP contribution in [0.1, 0.15) is 17.3 Å². The number of urea groups is 1. The molecule has 8 nitrogen and oxygen atoms in total. The van der Waals surface area contributed by atoms with Crippen LogP contribution in [-0.2, 0) is 4.79 Å². The summed E-state index contributed by atoms with van der Waals surface area (Å²) >= 11 is 0. The first kappa shape index (κ1) is 19.6. The van der Waals surface area contributed by atoms with E-state index >= 15 is 0 Å². The first-order valence-corrected chi connectivity index (χ1v) is 8.57. The van der Waals surface area contributed by atoms with Crippen molar-refractivity contribution in [1.29, 1.82) is 0 Å². The largest absolute Gasteiger partial charge is 0.365 e. The molecule has 1 aromatic heterocycles.